The Morgan fingerprint density at radius 2 is 1.96 bits per heavy atom. The lowest BCUT2D eigenvalue weighted by Crippen LogP contribution is -2.47. The smallest absolute Gasteiger partial charge is 0.339 e. The van der Waals surface area contributed by atoms with Crippen LogP contribution in [-0.4, -0.2) is 23.0 Å². The van der Waals surface area contributed by atoms with Gasteiger partial charge in [0.1, 0.15) is 11.3 Å². The summed E-state index contributed by atoms with van der Waals surface area (Å²) in [6.45, 7) is 5.34. The molecule has 2 rings (SSSR count). The fraction of sp³-hybridized carbons (Fsp3) is 0.450. The van der Waals surface area contributed by atoms with Crippen molar-refractivity contribution in [1.29, 1.82) is 0 Å². The molecule has 0 fully saturated rings. The van der Waals surface area contributed by atoms with Gasteiger partial charge in [0.15, 0.2) is 0 Å². The van der Waals surface area contributed by atoms with Crippen LogP contribution < -0.4 is 16.0 Å². The van der Waals surface area contributed by atoms with E-state index in [2.05, 4.69) is 5.32 Å². The summed E-state index contributed by atoms with van der Waals surface area (Å²) in [7, 11) is 0. The summed E-state index contributed by atoms with van der Waals surface area (Å²) < 4.78 is 5.34. The Bertz CT molecular complexity index is 915. The summed E-state index contributed by atoms with van der Waals surface area (Å²) in [5.74, 6) is -1.73. The maximum Gasteiger partial charge on any atom is 0.339 e. The van der Waals surface area contributed by atoms with E-state index in [0.717, 1.165) is 6.42 Å². The van der Waals surface area contributed by atoms with E-state index >= 15 is 0 Å². The molecule has 1 atom stereocenters. The first kappa shape index (κ1) is 20.5. The molecule has 0 aliphatic heterocycles. The van der Waals surface area contributed by atoms with Gasteiger partial charge >= 0.3 is 5.63 Å². The van der Waals surface area contributed by atoms with E-state index in [4.69, 9.17) is 4.42 Å². The number of fused-ring (bicyclic) bond motifs is 1. The third kappa shape index (κ3) is 4.67. The van der Waals surface area contributed by atoms with E-state index in [1.165, 1.54) is 6.07 Å². The molecule has 27 heavy (non-hydrogen) atoms. The van der Waals surface area contributed by atoms with Gasteiger partial charge in [-0.05, 0) is 44.4 Å². The zero-order valence-corrected chi connectivity index (χ0v) is 15.8. The summed E-state index contributed by atoms with van der Waals surface area (Å²) in [5.41, 5.74) is 1.27. The standard InChI is InChI=1S/C20H25NO6/c1-4-5-6-15(19(24)25)21-17(23)10-8-14-11(2)13-7-9-16(22)12(3)18(13)27-20(14)26/h7,9,15,22H,4-6,8,10H2,1-3H3,(H,21,23)(H,24,25)/p-1/t15-/m1/s1. The van der Waals surface area contributed by atoms with Crippen molar-refractivity contribution in [2.45, 2.75) is 58.9 Å². The van der Waals surface area contributed by atoms with E-state index in [1.54, 1.807) is 19.9 Å². The highest BCUT2D eigenvalue weighted by atomic mass is 16.4. The highest BCUT2D eigenvalue weighted by molar-refractivity contribution is 5.86. The number of aromatic hydroxyl groups is 1. The van der Waals surface area contributed by atoms with Crippen LogP contribution in [0.3, 0.4) is 0 Å². The van der Waals surface area contributed by atoms with Crippen molar-refractivity contribution in [3.63, 3.8) is 0 Å². The number of phenolic OH excluding ortho intramolecular Hbond substituents is 1. The number of carbonyl (C=O) groups excluding carboxylic acids is 2. The number of amides is 1. The zero-order valence-electron chi connectivity index (χ0n) is 15.8. The molecule has 7 heteroatoms. The first-order chi connectivity index (χ1) is 12.8. The van der Waals surface area contributed by atoms with E-state index in [1.807, 2.05) is 6.92 Å². The molecule has 1 amide bonds. The van der Waals surface area contributed by atoms with Crippen molar-refractivity contribution >= 4 is 22.8 Å². The normalized spacial score (nSPS) is 12.1. The quantitative estimate of drug-likeness (QED) is 0.675. The average molecular weight is 374 g/mol. The zero-order chi connectivity index (χ0) is 20.1. The topological polar surface area (TPSA) is 120 Å². The second kappa shape index (κ2) is 8.70. The number of nitrogens with one attached hydrogen (secondary N) is 1. The van der Waals surface area contributed by atoms with Gasteiger partial charge in [0.05, 0.1) is 12.0 Å². The van der Waals surface area contributed by atoms with E-state index in [9.17, 15) is 24.6 Å². The second-order valence-corrected chi connectivity index (χ2v) is 6.66. The van der Waals surface area contributed by atoms with Gasteiger partial charge in [-0.15, -0.1) is 0 Å². The monoisotopic (exact) mass is 374 g/mol. The number of carboxylic acid groups (broad SMARTS) is 1. The minimum absolute atomic E-state index is 0.0376. The largest absolute Gasteiger partial charge is 0.548 e. The van der Waals surface area contributed by atoms with Gasteiger partial charge in [0.2, 0.25) is 5.91 Å². The Balaban J connectivity index is 2.17. The molecular weight excluding hydrogens is 350 g/mol. The van der Waals surface area contributed by atoms with Crippen LogP contribution in [0.15, 0.2) is 21.3 Å². The lowest BCUT2D eigenvalue weighted by molar-refractivity contribution is -0.308. The first-order valence-corrected chi connectivity index (χ1v) is 9.01. The van der Waals surface area contributed by atoms with Crippen LogP contribution in [0.25, 0.3) is 11.0 Å². The maximum absolute atomic E-state index is 12.3. The SMILES string of the molecule is CCCC[C@@H](NC(=O)CCc1c(C)c2ccc(O)c(C)c2oc1=O)C(=O)[O-]. The highest BCUT2D eigenvalue weighted by Crippen LogP contribution is 2.28. The van der Waals surface area contributed by atoms with E-state index in [-0.39, 0.29) is 18.6 Å². The average Bonchev–Trinajstić information content (AvgIpc) is 2.61. The van der Waals surface area contributed by atoms with Crippen LogP contribution in [0.2, 0.25) is 0 Å². The van der Waals surface area contributed by atoms with Gasteiger partial charge in [0, 0.05) is 22.9 Å². The molecule has 0 saturated carbocycles. The van der Waals surface area contributed by atoms with Crippen LogP contribution in [0, 0.1) is 13.8 Å². The lowest BCUT2D eigenvalue weighted by atomic mass is 10.00. The molecule has 0 spiro atoms. The van der Waals surface area contributed by atoms with Crippen molar-refractivity contribution in [2.24, 2.45) is 0 Å². The molecule has 0 unspecified atom stereocenters. The Labute approximate surface area is 157 Å². The van der Waals surface area contributed by atoms with Gasteiger partial charge in [-0.1, -0.05) is 19.8 Å². The summed E-state index contributed by atoms with van der Waals surface area (Å²) in [6.07, 6.45) is 1.88. The van der Waals surface area contributed by atoms with E-state index < -0.39 is 23.5 Å². The van der Waals surface area contributed by atoms with E-state index in [0.29, 0.717) is 40.5 Å². The predicted molar refractivity (Wildman–Crippen MR) is 98.4 cm³/mol. The number of hydrogen-bond donors (Lipinski definition) is 2. The van der Waals surface area contributed by atoms with Crippen LogP contribution in [0.4, 0.5) is 0 Å². The molecule has 1 aromatic carbocycles. The van der Waals surface area contributed by atoms with Gasteiger partial charge in [0.25, 0.3) is 0 Å². The molecule has 0 aliphatic carbocycles. The molecule has 7 nitrogen and oxygen atoms in total. The second-order valence-electron chi connectivity index (χ2n) is 6.66. The van der Waals surface area contributed by atoms with Crippen LogP contribution in [0.5, 0.6) is 5.75 Å². The molecule has 0 bridgehead atoms. The fourth-order valence-corrected chi connectivity index (χ4v) is 3.03. The molecule has 1 heterocycles. The van der Waals surface area contributed by atoms with Gasteiger partial charge in [-0.25, -0.2) is 4.79 Å². The minimum Gasteiger partial charge on any atom is -0.548 e. The summed E-state index contributed by atoms with van der Waals surface area (Å²) in [5, 5.41) is 24.0. The van der Waals surface area contributed by atoms with Crippen molar-refractivity contribution in [2.75, 3.05) is 0 Å². The van der Waals surface area contributed by atoms with Gasteiger partial charge in [-0.2, -0.15) is 0 Å². The predicted octanol–water partition coefficient (Wildman–Crippen LogP) is 1.47. The Hall–Kier alpha value is -2.83. The van der Waals surface area contributed by atoms with Crippen molar-refractivity contribution in [3.05, 3.63) is 39.2 Å². The molecule has 1 aromatic heterocycles. The van der Waals surface area contributed by atoms with Crippen molar-refractivity contribution in [1.82, 2.24) is 5.32 Å². The number of rotatable bonds is 8. The molecule has 146 valence electrons. The Kier molecular flexibility index (Phi) is 6.60. The highest BCUT2D eigenvalue weighted by Gasteiger charge is 2.17. The number of phenols is 1. The maximum atomic E-state index is 12.3. The molecule has 0 aliphatic rings. The van der Waals surface area contributed by atoms with Crippen molar-refractivity contribution in [3.8, 4) is 5.75 Å². The number of unbranched alkanes of at least 4 members (excludes halogenated alkanes) is 1. The minimum atomic E-state index is -1.31. The van der Waals surface area contributed by atoms with Crippen LogP contribution in [-0.2, 0) is 16.0 Å². The lowest BCUT2D eigenvalue weighted by Gasteiger charge is -2.19. The summed E-state index contributed by atoms with van der Waals surface area (Å²) in [6, 6.07) is 2.16. The molecule has 0 radical (unpaired) electrons. The molecule has 0 saturated heterocycles. The number of aliphatic carboxylic acids is 1. The third-order valence-corrected chi connectivity index (χ3v) is 4.74. The van der Waals surface area contributed by atoms with Crippen LogP contribution >= 0.6 is 0 Å². The summed E-state index contributed by atoms with van der Waals surface area (Å²) in [4.78, 5) is 35.5. The number of carbonyl (C=O) groups is 2. The van der Waals surface area contributed by atoms with Gasteiger partial charge < -0.3 is 24.7 Å². The first-order valence-electron chi connectivity index (χ1n) is 9.01. The van der Waals surface area contributed by atoms with Crippen molar-refractivity contribution < 1.29 is 24.2 Å². The molecule has 2 aromatic rings. The molecule has 2 N–H and O–H groups in total. The molecular formula is C20H24NO6-. The Morgan fingerprint density at radius 3 is 2.59 bits per heavy atom. The van der Waals surface area contributed by atoms with Gasteiger partial charge in [-0.3, -0.25) is 4.79 Å². The Morgan fingerprint density at radius 1 is 1.26 bits per heavy atom. The summed E-state index contributed by atoms with van der Waals surface area (Å²) >= 11 is 0. The number of aryl methyl sites for hydroxylation is 2. The number of hydrogen-bond acceptors (Lipinski definition) is 6. The number of carboxylic acids is 1. The van der Waals surface area contributed by atoms with Crippen LogP contribution in [0.1, 0.15) is 49.3 Å². The fourth-order valence-electron chi connectivity index (χ4n) is 3.03. The number of benzene rings is 1. The third-order valence-electron chi connectivity index (χ3n) is 4.74.